The van der Waals surface area contributed by atoms with E-state index >= 15 is 0 Å². The average Bonchev–Trinajstić information content (AvgIpc) is 2.14. The molecule has 1 atom stereocenters. The summed E-state index contributed by atoms with van der Waals surface area (Å²) >= 11 is 0. The molecule has 0 saturated carbocycles. The van der Waals surface area contributed by atoms with Crippen molar-refractivity contribution in [3.05, 3.63) is 0 Å². The van der Waals surface area contributed by atoms with Crippen molar-refractivity contribution in [2.24, 2.45) is 5.92 Å². The van der Waals surface area contributed by atoms with Gasteiger partial charge >= 0.3 is 6.18 Å². The number of nitrogens with zero attached hydrogens (tertiary/aromatic N) is 2. The normalized spacial score (nSPS) is 23.8. The van der Waals surface area contributed by atoms with Crippen molar-refractivity contribution in [2.45, 2.75) is 31.5 Å². The maximum atomic E-state index is 12.3. The van der Waals surface area contributed by atoms with Gasteiger partial charge in [0.15, 0.2) is 5.92 Å². The van der Waals surface area contributed by atoms with Crippen molar-refractivity contribution in [3.63, 3.8) is 0 Å². The second kappa shape index (κ2) is 4.60. The number of alkyl halides is 3. The summed E-state index contributed by atoms with van der Waals surface area (Å²) in [6.07, 6.45) is -3.57. The first-order valence-corrected chi connectivity index (χ1v) is 5.16. The summed E-state index contributed by atoms with van der Waals surface area (Å²) in [5.74, 6) is -1.93. The van der Waals surface area contributed by atoms with E-state index in [4.69, 9.17) is 5.26 Å². The van der Waals surface area contributed by atoms with Crippen LogP contribution in [0.25, 0.3) is 0 Å². The predicted molar refractivity (Wildman–Crippen MR) is 51.5 cm³/mol. The highest BCUT2D eigenvalue weighted by Gasteiger charge is 2.41. The Morgan fingerprint density at radius 2 is 1.94 bits per heavy atom. The van der Waals surface area contributed by atoms with Gasteiger partial charge in [-0.15, -0.1) is 0 Å². The minimum Gasteiger partial charge on any atom is -0.390 e. The van der Waals surface area contributed by atoms with E-state index in [-0.39, 0.29) is 6.54 Å². The number of hydrogen-bond acceptors (Lipinski definition) is 3. The van der Waals surface area contributed by atoms with Crippen LogP contribution in [0.1, 0.15) is 19.8 Å². The zero-order valence-corrected chi connectivity index (χ0v) is 9.09. The Bertz CT molecular complexity index is 273. The fourth-order valence-corrected chi connectivity index (χ4v) is 1.69. The van der Waals surface area contributed by atoms with Crippen molar-refractivity contribution >= 4 is 0 Å². The molecule has 92 valence electrons. The second-order valence-corrected chi connectivity index (χ2v) is 4.52. The van der Waals surface area contributed by atoms with E-state index in [1.165, 1.54) is 6.07 Å². The predicted octanol–water partition coefficient (Wildman–Crippen LogP) is 1.54. The maximum Gasteiger partial charge on any atom is 0.405 e. The Morgan fingerprint density at radius 1 is 1.44 bits per heavy atom. The van der Waals surface area contributed by atoms with Crippen LogP contribution in [0.15, 0.2) is 0 Å². The molecule has 0 aromatic rings. The van der Waals surface area contributed by atoms with Gasteiger partial charge < -0.3 is 10.0 Å². The molecule has 3 nitrogen and oxygen atoms in total. The van der Waals surface area contributed by atoms with E-state index in [2.05, 4.69) is 0 Å². The molecule has 1 aliphatic heterocycles. The summed E-state index contributed by atoms with van der Waals surface area (Å²) in [4.78, 5) is 1.58. The second-order valence-electron chi connectivity index (χ2n) is 4.52. The number of piperidine rings is 1. The molecule has 1 N–H and O–H groups in total. The quantitative estimate of drug-likeness (QED) is 0.791. The zero-order chi connectivity index (χ0) is 12.4. The van der Waals surface area contributed by atoms with Gasteiger partial charge in [0.05, 0.1) is 11.7 Å². The van der Waals surface area contributed by atoms with Crippen molar-refractivity contribution in [1.82, 2.24) is 4.90 Å². The first kappa shape index (κ1) is 13.3. The number of rotatable bonds is 2. The Kier molecular flexibility index (Phi) is 3.81. The Balaban J connectivity index is 2.48. The number of nitriles is 1. The molecule has 0 aromatic carbocycles. The van der Waals surface area contributed by atoms with Crippen LogP contribution < -0.4 is 0 Å². The van der Waals surface area contributed by atoms with Crippen LogP contribution in [-0.4, -0.2) is 41.4 Å². The highest BCUT2D eigenvalue weighted by atomic mass is 19.4. The molecule has 1 saturated heterocycles. The largest absolute Gasteiger partial charge is 0.405 e. The van der Waals surface area contributed by atoms with E-state index in [1.54, 1.807) is 11.8 Å². The van der Waals surface area contributed by atoms with E-state index < -0.39 is 17.7 Å². The number of halogens is 3. The molecule has 1 fully saturated rings. The maximum absolute atomic E-state index is 12.3. The van der Waals surface area contributed by atoms with Crippen LogP contribution >= 0.6 is 0 Å². The Hall–Kier alpha value is -0.800. The minimum atomic E-state index is -4.46. The fraction of sp³-hybridized carbons (Fsp3) is 0.900. The van der Waals surface area contributed by atoms with E-state index in [9.17, 15) is 18.3 Å². The van der Waals surface area contributed by atoms with Gasteiger partial charge in [0.2, 0.25) is 0 Å². The molecule has 1 aliphatic rings. The number of likely N-dealkylation sites (tertiary alicyclic amines) is 1. The van der Waals surface area contributed by atoms with Crippen molar-refractivity contribution in [3.8, 4) is 6.07 Å². The highest BCUT2D eigenvalue weighted by Crippen LogP contribution is 2.28. The van der Waals surface area contributed by atoms with Gasteiger partial charge in [-0.25, -0.2) is 0 Å². The van der Waals surface area contributed by atoms with E-state index in [0.29, 0.717) is 25.9 Å². The average molecular weight is 236 g/mol. The summed E-state index contributed by atoms with van der Waals surface area (Å²) in [7, 11) is 0. The lowest BCUT2D eigenvalue weighted by Crippen LogP contribution is -2.45. The van der Waals surface area contributed by atoms with Gasteiger partial charge in [-0.2, -0.15) is 18.4 Å². The van der Waals surface area contributed by atoms with Crippen LogP contribution in [-0.2, 0) is 0 Å². The van der Waals surface area contributed by atoms with Crippen molar-refractivity contribution in [2.75, 3.05) is 19.6 Å². The Labute approximate surface area is 92.5 Å². The molecule has 0 aliphatic carbocycles. The third kappa shape index (κ3) is 3.65. The fourth-order valence-electron chi connectivity index (χ4n) is 1.69. The number of aliphatic hydroxyl groups is 1. The Morgan fingerprint density at radius 3 is 2.31 bits per heavy atom. The SMILES string of the molecule is CC1(O)CCN(CC(C#N)C(F)(F)F)CC1. The molecule has 0 aromatic heterocycles. The van der Waals surface area contributed by atoms with Gasteiger partial charge in [0, 0.05) is 19.6 Å². The van der Waals surface area contributed by atoms with Crippen LogP contribution in [0.5, 0.6) is 0 Å². The summed E-state index contributed by atoms with van der Waals surface area (Å²) in [5, 5.41) is 18.1. The minimum absolute atomic E-state index is 0.296. The molecule has 0 radical (unpaired) electrons. The van der Waals surface area contributed by atoms with Crippen LogP contribution in [0.4, 0.5) is 13.2 Å². The third-order valence-corrected chi connectivity index (χ3v) is 2.92. The molecular formula is C10H15F3N2O. The lowest BCUT2D eigenvalue weighted by molar-refractivity contribution is -0.164. The van der Waals surface area contributed by atoms with Gasteiger partial charge in [-0.3, -0.25) is 0 Å². The standard InChI is InChI=1S/C10H15F3N2O/c1-9(16)2-4-15(5-3-9)7-8(6-14)10(11,12)13/h8,16H,2-5,7H2,1H3. The molecule has 1 rings (SSSR count). The molecule has 0 amide bonds. The summed E-state index contributed by atoms with van der Waals surface area (Å²) in [5.41, 5.74) is -0.781. The third-order valence-electron chi connectivity index (χ3n) is 2.92. The first-order chi connectivity index (χ1) is 7.24. The van der Waals surface area contributed by atoms with Crippen LogP contribution in [0.2, 0.25) is 0 Å². The smallest absolute Gasteiger partial charge is 0.390 e. The van der Waals surface area contributed by atoms with Crippen molar-refractivity contribution in [1.29, 1.82) is 5.26 Å². The molecule has 0 spiro atoms. The van der Waals surface area contributed by atoms with Gasteiger partial charge in [0.1, 0.15) is 0 Å². The molecule has 0 bridgehead atoms. The highest BCUT2D eigenvalue weighted by molar-refractivity contribution is 4.92. The molecule has 1 unspecified atom stereocenters. The molecule has 16 heavy (non-hydrogen) atoms. The zero-order valence-electron chi connectivity index (χ0n) is 9.09. The molecule has 6 heteroatoms. The monoisotopic (exact) mass is 236 g/mol. The topological polar surface area (TPSA) is 47.3 Å². The molecular weight excluding hydrogens is 221 g/mol. The van der Waals surface area contributed by atoms with Gasteiger partial charge in [0.25, 0.3) is 0 Å². The first-order valence-electron chi connectivity index (χ1n) is 5.16. The van der Waals surface area contributed by atoms with Crippen molar-refractivity contribution < 1.29 is 18.3 Å². The number of hydrogen-bond donors (Lipinski definition) is 1. The summed E-state index contributed by atoms with van der Waals surface area (Å²) in [6.45, 7) is 2.19. The van der Waals surface area contributed by atoms with E-state index in [0.717, 1.165) is 0 Å². The summed E-state index contributed by atoms with van der Waals surface area (Å²) in [6, 6.07) is 1.28. The summed E-state index contributed by atoms with van der Waals surface area (Å²) < 4.78 is 37.0. The van der Waals surface area contributed by atoms with Crippen LogP contribution in [0.3, 0.4) is 0 Å². The van der Waals surface area contributed by atoms with Gasteiger partial charge in [-0.05, 0) is 19.8 Å². The molecule has 1 heterocycles. The van der Waals surface area contributed by atoms with Crippen LogP contribution in [0, 0.1) is 17.2 Å². The lowest BCUT2D eigenvalue weighted by Gasteiger charge is -2.36. The van der Waals surface area contributed by atoms with E-state index in [1.807, 2.05) is 0 Å². The lowest BCUT2D eigenvalue weighted by atomic mass is 9.93. The van der Waals surface area contributed by atoms with Gasteiger partial charge in [-0.1, -0.05) is 0 Å².